The number of hydrogen-bond acceptors (Lipinski definition) is 3. The van der Waals surface area contributed by atoms with E-state index in [-0.39, 0.29) is 58.2 Å². The molecule has 0 unspecified atom stereocenters. The van der Waals surface area contributed by atoms with Crippen molar-refractivity contribution in [3.05, 3.63) is 124 Å². The summed E-state index contributed by atoms with van der Waals surface area (Å²) in [5, 5.41) is 1.13. The first-order valence-electron chi connectivity index (χ1n) is 25.5. The minimum atomic E-state index is -0.673. The highest BCUT2D eigenvalue weighted by Crippen LogP contribution is 2.52. The summed E-state index contributed by atoms with van der Waals surface area (Å²) in [6, 6.07) is 18.7. The summed E-state index contributed by atoms with van der Waals surface area (Å²) in [4.78, 5) is 4.37. The SMILES string of the molecule is [2H]c1c([2H])c(C(C)(C)C)c([2H])c2c1B1c3sc4ccc(C(C)(C)C)cc4c3N(c3ccc4c(c3)C(C)(C)CCC4(C)C)c3cc(C)cc(c31)N2c1c([2H])c([2H])c(C(C)(C)C)c(C(C)(C)C)c1[2H]. The summed E-state index contributed by atoms with van der Waals surface area (Å²) in [5.41, 5.74) is 10.8. The van der Waals surface area contributed by atoms with Crippen LogP contribution in [0.3, 0.4) is 0 Å². The Labute approximate surface area is 381 Å². The van der Waals surface area contributed by atoms with Crippen molar-refractivity contribution >= 4 is 78.0 Å². The maximum atomic E-state index is 10.3. The smallest absolute Gasteiger partial charge is 0.264 e. The van der Waals surface area contributed by atoms with Crippen LogP contribution in [0.5, 0.6) is 0 Å². The Morgan fingerprint density at radius 2 is 1.21 bits per heavy atom. The maximum absolute atomic E-state index is 10.3. The van der Waals surface area contributed by atoms with E-state index in [2.05, 4.69) is 150 Å². The fraction of sp³-hybridized carbons (Fsp3) is 0.439. The van der Waals surface area contributed by atoms with Gasteiger partial charge in [-0.05, 0) is 157 Å². The standard InChI is InChI=1S/C57H69BN2S/c1-34-28-46-49-47(29-34)60(38-21-23-41-43(33-38)57(16,17)27-26-56(41,14)15)50-39-30-35(52(2,3)4)19-25-48(39)61-51(50)58(49)44-24-18-36(53(5,6)7)31-45(44)59(46)37-20-22-40(54(8,9)10)42(32-37)55(11,12)13/h18-25,28-33H,26-27H2,1-17H3/i18D,20D,22D,24D,31D,32D. The van der Waals surface area contributed by atoms with Crippen molar-refractivity contribution < 1.29 is 8.22 Å². The number of fused-ring (bicyclic) bond motifs is 7. The molecule has 0 N–H and O–H groups in total. The van der Waals surface area contributed by atoms with E-state index in [1.165, 1.54) is 16.7 Å². The van der Waals surface area contributed by atoms with Gasteiger partial charge in [-0.3, -0.25) is 0 Å². The third kappa shape index (κ3) is 6.72. The van der Waals surface area contributed by atoms with Gasteiger partial charge >= 0.3 is 0 Å². The first-order chi connectivity index (χ1) is 30.7. The molecule has 9 rings (SSSR count). The summed E-state index contributed by atoms with van der Waals surface area (Å²) < 4.78 is 62.7. The van der Waals surface area contributed by atoms with Crippen molar-refractivity contribution in [1.82, 2.24) is 0 Å². The molecule has 61 heavy (non-hydrogen) atoms. The largest absolute Gasteiger partial charge is 0.311 e. The molecule has 0 bridgehead atoms. The molecule has 0 spiro atoms. The van der Waals surface area contributed by atoms with Gasteiger partial charge in [-0.25, -0.2) is 0 Å². The van der Waals surface area contributed by atoms with Gasteiger partial charge in [0.25, 0.3) is 6.71 Å². The quantitative estimate of drug-likeness (QED) is 0.160. The first kappa shape index (κ1) is 35.2. The van der Waals surface area contributed by atoms with Crippen molar-refractivity contribution in [2.75, 3.05) is 9.80 Å². The van der Waals surface area contributed by atoms with Crippen molar-refractivity contribution in [3.8, 4) is 0 Å². The molecule has 4 heteroatoms. The first-order valence-corrected chi connectivity index (χ1v) is 23.3. The molecule has 0 radical (unpaired) electrons. The van der Waals surface area contributed by atoms with Gasteiger partial charge < -0.3 is 9.80 Å². The summed E-state index contributed by atoms with van der Waals surface area (Å²) >= 11 is 1.73. The number of aryl methyl sites for hydroxylation is 1. The lowest BCUT2D eigenvalue weighted by Crippen LogP contribution is -2.60. The number of rotatable bonds is 2. The second-order valence-electron chi connectivity index (χ2n) is 23.8. The Bertz CT molecular complexity index is 3110. The number of anilines is 6. The molecule has 0 amide bonds. The molecule has 1 aromatic heterocycles. The predicted molar refractivity (Wildman–Crippen MR) is 271 cm³/mol. The second-order valence-corrected chi connectivity index (χ2v) is 24.9. The van der Waals surface area contributed by atoms with Crippen LogP contribution in [-0.2, 0) is 32.5 Å². The minimum Gasteiger partial charge on any atom is -0.311 e. The van der Waals surface area contributed by atoms with Gasteiger partial charge in [-0.1, -0.05) is 141 Å². The zero-order valence-electron chi connectivity index (χ0n) is 45.9. The molecule has 1 aliphatic carbocycles. The number of hydrogen-bond donors (Lipinski definition) is 0. The van der Waals surface area contributed by atoms with E-state index in [1.807, 2.05) is 25.7 Å². The van der Waals surface area contributed by atoms with E-state index in [1.54, 1.807) is 11.3 Å². The van der Waals surface area contributed by atoms with Crippen LogP contribution >= 0.6 is 11.3 Å². The van der Waals surface area contributed by atoms with Crippen LogP contribution in [0.25, 0.3) is 10.1 Å². The highest BCUT2D eigenvalue weighted by Gasteiger charge is 2.47. The minimum absolute atomic E-state index is 0.0242. The van der Waals surface area contributed by atoms with E-state index in [9.17, 15) is 8.22 Å². The topological polar surface area (TPSA) is 6.48 Å². The molecular weight excluding hydrogens is 756 g/mol. The molecule has 2 nitrogen and oxygen atoms in total. The molecule has 0 atom stereocenters. The Morgan fingerprint density at radius 3 is 1.84 bits per heavy atom. The van der Waals surface area contributed by atoms with Crippen LogP contribution in [0.4, 0.5) is 34.1 Å². The highest BCUT2D eigenvalue weighted by molar-refractivity contribution is 7.33. The average molecular weight is 831 g/mol. The highest BCUT2D eigenvalue weighted by atomic mass is 32.1. The van der Waals surface area contributed by atoms with Gasteiger partial charge in [0.15, 0.2) is 0 Å². The molecule has 3 heterocycles. The molecule has 0 fully saturated rings. The van der Waals surface area contributed by atoms with E-state index in [4.69, 9.17) is 0 Å². The normalized spacial score (nSPS) is 18.3. The third-order valence-electron chi connectivity index (χ3n) is 13.8. The Balaban J connectivity index is 1.50. The van der Waals surface area contributed by atoms with Gasteiger partial charge in [-0.15, -0.1) is 11.3 Å². The molecule has 6 aromatic rings. The van der Waals surface area contributed by atoms with Crippen LogP contribution in [-0.4, -0.2) is 6.71 Å². The monoisotopic (exact) mass is 831 g/mol. The molecule has 0 saturated carbocycles. The fourth-order valence-electron chi connectivity index (χ4n) is 10.1. The zero-order valence-corrected chi connectivity index (χ0v) is 40.7. The van der Waals surface area contributed by atoms with Gasteiger partial charge in [-0.2, -0.15) is 0 Å². The van der Waals surface area contributed by atoms with E-state index in [0.29, 0.717) is 27.8 Å². The lowest BCUT2D eigenvalue weighted by Gasteiger charge is -2.45. The summed E-state index contributed by atoms with van der Waals surface area (Å²) in [5.74, 6) is 0. The summed E-state index contributed by atoms with van der Waals surface area (Å²) in [6.07, 6.45) is 2.19. The number of nitrogens with zero attached hydrogens (tertiary/aromatic N) is 2. The van der Waals surface area contributed by atoms with Crippen LogP contribution in [0.15, 0.2) is 84.8 Å². The van der Waals surface area contributed by atoms with E-state index < -0.39 is 23.0 Å². The summed E-state index contributed by atoms with van der Waals surface area (Å²) in [6.45, 7) is 36.1. The predicted octanol–water partition coefficient (Wildman–Crippen LogP) is 14.8. The second kappa shape index (κ2) is 13.4. The molecular formula is C57H69BN2S. The third-order valence-corrected chi connectivity index (χ3v) is 15.0. The van der Waals surface area contributed by atoms with Crippen LogP contribution < -0.4 is 25.5 Å². The average Bonchev–Trinajstić information content (AvgIpc) is 3.57. The van der Waals surface area contributed by atoms with Gasteiger partial charge in [0.05, 0.1) is 13.9 Å². The van der Waals surface area contributed by atoms with Crippen LogP contribution in [0.1, 0.15) is 171 Å². The lowest BCUT2D eigenvalue weighted by molar-refractivity contribution is 0.332. The van der Waals surface area contributed by atoms with Crippen LogP contribution in [0.2, 0.25) is 0 Å². The van der Waals surface area contributed by atoms with E-state index >= 15 is 0 Å². The Morgan fingerprint density at radius 1 is 0.590 bits per heavy atom. The maximum Gasteiger partial charge on any atom is 0.264 e. The number of thiophene rings is 1. The van der Waals surface area contributed by atoms with Gasteiger partial charge in [0.1, 0.15) is 0 Å². The molecule has 0 saturated heterocycles. The van der Waals surface area contributed by atoms with Gasteiger partial charge in [0.2, 0.25) is 0 Å². The van der Waals surface area contributed by atoms with Crippen molar-refractivity contribution in [1.29, 1.82) is 0 Å². The van der Waals surface area contributed by atoms with Gasteiger partial charge in [0, 0.05) is 43.3 Å². The van der Waals surface area contributed by atoms with Crippen molar-refractivity contribution in [3.63, 3.8) is 0 Å². The van der Waals surface area contributed by atoms with Crippen molar-refractivity contribution in [2.24, 2.45) is 0 Å². The molecule has 2 aliphatic heterocycles. The molecule has 316 valence electrons. The zero-order chi connectivity index (χ0) is 49.4. The van der Waals surface area contributed by atoms with Crippen molar-refractivity contribution in [2.45, 2.75) is 163 Å². The Kier molecular flexibility index (Phi) is 7.72. The Hall–Kier alpha value is -4.28. The van der Waals surface area contributed by atoms with Crippen LogP contribution in [0, 0.1) is 6.92 Å². The fourth-order valence-corrected chi connectivity index (χ4v) is 11.4. The summed E-state index contributed by atoms with van der Waals surface area (Å²) in [7, 11) is 0. The number of benzene rings is 5. The molecule has 3 aliphatic rings. The molecule has 5 aromatic carbocycles. The lowest BCUT2D eigenvalue weighted by atomic mass is 9.36. The van der Waals surface area contributed by atoms with E-state index in [0.717, 1.165) is 61.5 Å².